The van der Waals surface area contributed by atoms with Gasteiger partial charge in [-0.2, -0.15) is 0 Å². The first-order valence-corrected chi connectivity index (χ1v) is 14.0. The first kappa shape index (κ1) is 31.2. The molecule has 0 aliphatic heterocycles. The molecule has 0 aliphatic rings. The molecule has 0 saturated carbocycles. The summed E-state index contributed by atoms with van der Waals surface area (Å²) in [5.41, 5.74) is 0.982. The summed E-state index contributed by atoms with van der Waals surface area (Å²) in [6.45, 7) is 14.2. The lowest BCUT2D eigenvalue weighted by Gasteiger charge is -2.27. The number of carbonyl (C=O) groups excluding carboxylic acids is 2. The van der Waals surface area contributed by atoms with Gasteiger partial charge in [0.05, 0.1) is 5.56 Å². The van der Waals surface area contributed by atoms with Crippen molar-refractivity contribution in [1.29, 1.82) is 0 Å². The monoisotopic (exact) mass is 488 g/mol. The number of ether oxygens (including phenoxy) is 1. The van der Waals surface area contributed by atoms with E-state index in [1.165, 1.54) is 64.2 Å². The molecule has 0 bridgehead atoms. The maximum absolute atomic E-state index is 12.7. The van der Waals surface area contributed by atoms with Crippen LogP contribution in [-0.4, -0.2) is 17.0 Å². The van der Waals surface area contributed by atoms with Gasteiger partial charge in [-0.1, -0.05) is 126 Å². The third-order valence-corrected chi connectivity index (χ3v) is 6.65. The first-order valence-electron chi connectivity index (χ1n) is 14.0. The van der Waals surface area contributed by atoms with Gasteiger partial charge in [0.15, 0.2) is 0 Å². The van der Waals surface area contributed by atoms with Crippen LogP contribution in [0.3, 0.4) is 0 Å². The SMILES string of the molecule is CCCCCCCCCCCCCCCC(=O)OC(=O)c1cc(C(C)(C)C)c(O)c(C(C)(C)C)c1. The van der Waals surface area contributed by atoms with Crippen LogP contribution in [-0.2, 0) is 20.4 Å². The maximum Gasteiger partial charge on any atom is 0.345 e. The van der Waals surface area contributed by atoms with Crippen molar-refractivity contribution in [3.63, 3.8) is 0 Å². The molecule has 0 fully saturated rings. The fraction of sp³-hybridized carbons (Fsp3) is 0.742. The first-order chi connectivity index (χ1) is 16.4. The molecule has 0 atom stereocenters. The minimum Gasteiger partial charge on any atom is -0.507 e. The van der Waals surface area contributed by atoms with Crippen LogP contribution in [0.4, 0.5) is 0 Å². The highest BCUT2D eigenvalue weighted by molar-refractivity contribution is 5.97. The molecule has 0 spiro atoms. The summed E-state index contributed by atoms with van der Waals surface area (Å²) in [5.74, 6) is -0.902. The minimum absolute atomic E-state index is 0.208. The molecule has 0 unspecified atom stereocenters. The fourth-order valence-corrected chi connectivity index (χ4v) is 4.40. The van der Waals surface area contributed by atoms with Gasteiger partial charge in [-0.3, -0.25) is 4.79 Å². The molecule has 0 aliphatic carbocycles. The number of hydrogen-bond donors (Lipinski definition) is 1. The second-order valence-electron chi connectivity index (χ2n) is 12.2. The van der Waals surface area contributed by atoms with Gasteiger partial charge in [-0.25, -0.2) is 4.79 Å². The normalized spacial score (nSPS) is 12.1. The average Bonchev–Trinajstić information content (AvgIpc) is 2.75. The second kappa shape index (κ2) is 15.3. The van der Waals surface area contributed by atoms with Crippen LogP contribution in [0.2, 0.25) is 0 Å². The van der Waals surface area contributed by atoms with E-state index in [1.807, 2.05) is 41.5 Å². The van der Waals surface area contributed by atoms with Crippen LogP contribution < -0.4 is 0 Å². The van der Waals surface area contributed by atoms with E-state index in [9.17, 15) is 14.7 Å². The largest absolute Gasteiger partial charge is 0.507 e. The molecular weight excluding hydrogens is 436 g/mol. The molecule has 35 heavy (non-hydrogen) atoms. The van der Waals surface area contributed by atoms with E-state index in [-0.39, 0.29) is 23.0 Å². The second-order valence-corrected chi connectivity index (χ2v) is 12.2. The van der Waals surface area contributed by atoms with Crippen LogP contribution >= 0.6 is 0 Å². The van der Waals surface area contributed by atoms with Crippen molar-refractivity contribution in [2.45, 2.75) is 149 Å². The van der Waals surface area contributed by atoms with E-state index in [0.717, 1.165) is 19.3 Å². The molecule has 0 saturated heterocycles. The molecule has 0 amide bonds. The van der Waals surface area contributed by atoms with Gasteiger partial charge in [0.2, 0.25) is 0 Å². The zero-order valence-corrected chi connectivity index (χ0v) is 23.7. The Morgan fingerprint density at radius 2 is 1.06 bits per heavy atom. The lowest BCUT2D eigenvalue weighted by molar-refractivity contribution is -0.138. The van der Waals surface area contributed by atoms with Gasteiger partial charge in [0.1, 0.15) is 5.75 Å². The fourth-order valence-electron chi connectivity index (χ4n) is 4.40. The van der Waals surface area contributed by atoms with Gasteiger partial charge in [0, 0.05) is 17.5 Å². The van der Waals surface area contributed by atoms with Crippen molar-refractivity contribution in [3.8, 4) is 5.75 Å². The molecule has 0 aromatic heterocycles. The van der Waals surface area contributed by atoms with E-state index in [2.05, 4.69) is 6.92 Å². The average molecular weight is 489 g/mol. The Labute approximate surface area is 215 Å². The quantitative estimate of drug-likeness (QED) is 0.152. The standard InChI is InChI=1S/C31H52O4/c1-8-9-10-11-12-13-14-15-16-17-18-19-20-21-27(32)35-29(34)24-22-25(30(2,3)4)28(33)26(23-24)31(5,6)7/h22-23,33H,8-21H2,1-7H3. The summed E-state index contributed by atoms with van der Waals surface area (Å²) in [7, 11) is 0. The van der Waals surface area contributed by atoms with Crippen molar-refractivity contribution in [3.05, 3.63) is 28.8 Å². The van der Waals surface area contributed by atoms with Crippen LogP contribution in [0.15, 0.2) is 12.1 Å². The predicted octanol–water partition coefficient (Wildman–Crippen LogP) is 9.15. The summed E-state index contributed by atoms with van der Waals surface area (Å²) < 4.78 is 5.16. The van der Waals surface area contributed by atoms with Gasteiger partial charge < -0.3 is 9.84 Å². The Morgan fingerprint density at radius 1 is 0.686 bits per heavy atom. The predicted molar refractivity (Wildman–Crippen MR) is 146 cm³/mol. The van der Waals surface area contributed by atoms with Crippen LogP contribution in [0.1, 0.15) is 160 Å². The molecule has 4 heteroatoms. The number of rotatable bonds is 15. The number of phenols is 1. The molecular formula is C31H52O4. The van der Waals surface area contributed by atoms with E-state index >= 15 is 0 Å². The Kier molecular flexibility index (Phi) is 13.6. The van der Waals surface area contributed by atoms with E-state index < -0.39 is 11.9 Å². The van der Waals surface area contributed by atoms with E-state index in [0.29, 0.717) is 16.7 Å². The van der Waals surface area contributed by atoms with Gasteiger partial charge in [-0.15, -0.1) is 0 Å². The third-order valence-electron chi connectivity index (χ3n) is 6.65. The zero-order valence-electron chi connectivity index (χ0n) is 23.7. The Hall–Kier alpha value is -1.84. The van der Waals surface area contributed by atoms with Gasteiger partial charge in [0.25, 0.3) is 0 Å². The van der Waals surface area contributed by atoms with Crippen molar-refractivity contribution in [2.75, 3.05) is 0 Å². The lowest BCUT2D eigenvalue weighted by Crippen LogP contribution is -2.20. The smallest absolute Gasteiger partial charge is 0.345 e. The Bertz CT molecular complexity index is 745. The molecule has 0 heterocycles. The summed E-state index contributed by atoms with van der Waals surface area (Å²) in [4.78, 5) is 25.0. The third kappa shape index (κ3) is 12.1. The summed E-state index contributed by atoms with van der Waals surface area (Å²) >= 11 is 0. The Morgan fingerprint density at radius 3 is 1.43 bits per heavy atom. The Balaban J connectivity index is 2.39. The van der Waals surface area contributed by atoms with Crippen LogP contribution in [0.5, 0.6) is 5.75 Å². The molecule has 0 radical (unpaired) electrons. The number of esters is 2. The number of aromatic hydroxyl groups is 1. The zero-order chi connectivity index (χ0) is 26.5. The molecule has 1 N–H and O–H groups in total. The van der Waals surface area contributed by atoms with Crippen molar-refractivity contribution < 1.29 is 19.4 Å². The van der Waals surface area contributed by atoms with Crippen LogP contribution in [0, 0.1) is 0 Å². The van der Waals surface area contributed by atoms with E-state index in [1.54, 1.807) is 12.1 Å². The molecule has 200 valence electrons. The highest BCUT2D eigenvalue weighted by Gasteiger charge is 2.28. The molecule has 1 aromatic carbocycles. The highest BCUT2D eigenvalue weighted by atomic mass is 16.6. The summed E-state index contributed by atoms with van der Waals surface area (Å²) in [5, 5.41) is 10.8. The number of unbranched alkanes of at least 4 members (excludes halogenated alkanes) is 12. The lowest BCUT2D eigenvalue weighted by atomic mass is 9.78. The van der Waals surface area contributed by atoms with Crippen molar-refractivity contribution >= 4 is 11.9 Å². The maximum atomic E-state index is 12.7. The van der Waals surface area contributed by atoms with Gasteiger partial charge >= 0.3 is 11.9 Å². The molecule has 4 nitrogen and oxygen atoms in total. The summed E-state index contributed by atoms with van der Waals surface area (Å²) in [6, 6.07) is 3.32. The minimum atomic E-state index is -0.638. The highest BCUT2D eigenvalue weighted by Crippen LogP contribution is 2.39. The number of hydrogen-bond acceptors (Lipinski definition) is 4. The summed E-state index contributed by atoms with van der Waals surface area (Å²) in [6.07, 6.45) is 16.4. The number of benzene rings is 1. The molecule has 1 aromatic rings. The van der Waals surface area contributed by atoms with Crippen molar-refractivity contribution in [2.24, 2.45) is 0 Å². The topological polar surface area (TPSA) is 63.6 Å². The van der Waals surface area contributed by atoms with Crippen LogP contribution in [0.25, 0.3) is 0 Å². The molecule has 1 rings (SSSR count). The van der Waals surface area contributed by atoms with E-state index in [4.69, 9.17) is 4.74 Å². The van der Waals surface area contributed by atoms with Crippen molar-refractivity contribution in [1.82, 2.24) is 0 Å². The number of carbonyl (C=O) groups is 2. The number of phenolic OH excluding ortho intramolecular Hbond substituents is 1. The van der Waals surface area contributed by atoms with Gasteiger partial charge in [-0.05, 0) is 29.4 Å².